The molecule has 4 nitrogen and oxygen atoms in total. The third-order valence-corrected chi connectivity index (χ3v) is 3.21. The first-order chi connectivity index (χ1) is 9.08. The Kier molecular flexibility index (Phi) is 7.75. The van der Waals surface area contributed by atoms with E-state index in [0.717, 1.165) is 25.9 Å². The first-order valence-electron chi connectivity index (χ1n) is 7.35. The van der Waals surface area contributed by atoms with Crippen LogP contribution in [0.3, 0.4) is 0 Å². The van der Waals surface area contributed by atoms with Crippen LogP contribution >= 0.6 is 0 Å². The number of nitrogens with one attached hydrogen (secondary N) is 2. The van der Waals surface area contributed by atoms with E-state index in [4.69, 9.17) is 4.74 Å². The molecule has 110 valence electrons. The Balaban J connectivity index is 2.06. The SMILES string of the molecule is CC(C)CC(C)OCCC(=O)NCC1=CCNCC1. The number of rotatable bonds is 8. The highest BCUT2D eigenvalue weighted by Crippen LogP contribution is 2.07. The minimum Gasteiger partial charge on any atom is -0.378 e. The van der Waals surface area contributed by atoms with Crippen molar-refractivity contribution in [2.24, 2.45) is 5.92 Å². The molecular formula is C15H28N2O2. The quantitative estimate of drug-likeness (QED) is 0.661. The molecule has 0 spiro atoms. The highest BCUT2D eigenvalue weighted by atomic mass is 16.5. The maximum Gasteiger partial charge on any atom is 0.222 e. The minimum absolute atomic E-state index is 0.0798. The van der Waals surface area contributed by atoms with Gasteiger partial charge in [-0.15, -0.1) is 0 Å². The summed E-state index contributed by atoms with van der Waals surface area (Å²) in [6, 6.07) is 0. The van der Waals surface area contributed by atoms with Crippen LogP contribution in [-0.2, 0) is 9.53 Å². The second-order valence-corrected chi connectivity index (χ2v) is 5.65. The first-order valence-corrected chi connectivity index (χ1v) is 7.35. The van der Waals surface area contributed by atoms with Crippen LogP contribution in [0, 0.1) is 5.92 Å². The van der Waals surface area contributed by atoms with Crippen molar-refractivity contribution in [2.45, 2.75) is 46.1 Å². The first kappa shape index (κ1) is 16.2. The van der Waals surface area contributed by atoms with Gasteiger partial charge in [0.25, 0.3) is 0 Å². The van der Waals surface area contributed by atoms with Gasteiger partial charge in [0.05, 0.1) is 12.7 Å². The summed E-state index contributed by atoms with van der Waals surface area (Å²) < 4.78 is 5.63. The van der Waals surface area contributed by atoms with E-state index in [1.165, 1.54) is 5.57 Å². The Morgan fingerprint density at radius 1 is 1.47 bits per heavy atom. The van der Waals surface area contributed by atoms with E-state index >= 15 is 0 Å². The van der Waals surface area contributed by atoms with E-state index in [-0.39, 0.29) is 12.0 Å². The van der Waals surface area contributed by atoms with Gasteiger partial charge in [-0.1, -0.05) is 25.5 Å². The predicted molar refractivity (Wildman–Crippen MR) is 78.1 cm³/mol. The minimum atomic E-state index is 0.0798. The molecule has 0 radical (unpaired) electrons. The van der Waals surface area contributed by atoms with Gasteiger partial charge in [0, 0.05) is 19.5 Å². The molecule has 1 rings (SSSR count). The van der Waals surface area contributed by atoms with Gasteiger partial charge in [0.15, 0.2) is 0 Å². The lowest BCUT2D eigenvalue weighted by Gasteiger charge is -2.16. The third-order valence-electron chi connectivity index (χ3n) is 3.21. The van der Waals surface area contributed by atoms with Gasteiger partial charge in [-0.2, -0.15) is 0 Å². The Morgan fingerprint density at radius 3 is 2.89 bits per heavy atom. The standard InChI is InChI=1S/C15H28N2O2/c1-12(2)10-13(3)19-9-6-15(18)17-11-14-4-7-16-8-5-14/h4,12-13,16H,5-11H2,1-3H3,(H,17,18). The Hall–Kier alpha value is -0.870. The average molecular weight is 268 g/mol. The summed E-state index contributed by atoms with van der Waals surface area (Å²) in [7, 11) is 0. The van der Waals surface area contributed by atoms with E-state index in [9.17, 15) is 4.79 Å². The maximum absolute atomic E-state index is 11.7. The van der Waals surface area contributed by atoms with Crippen molar-refractivity contribution >= 4 is 5.91 Å². The van der Waals surface area contributed by atoms with Crippen LogP contribution in [0.15, 0.2) is 11.6 Å². The van der Waals surface area contributed by atoms with E-state index in [0.29, 0.717) is 25.5 Å². The summed E-state index contributed by atoms with van der Waals surface area (Å²) >= 11 is 0. The van der Waals surface area contributed by atoms with Gasteiger partial charge in [-0.25, -0.2) is 0 Å². The fraction of sp³-hybridized carbons (Fsp3) is 0.800. The van der Waals surface area contributed by atoms with E-state index < -0.39 is 0 Å². The van der Waals surface area contributed by atoms with E-state index in [1.54, 1.807) is 0 Å². The normalized spacial score (nSPS) is 17.2. The zero-order valence-electron chi connectivity index (χ0n) is 12.5. The molecule has 0 bridgehead atoms. The summed E-state index contributed by atoms with van der Waals surface area (Å²) in [5.41, 5.74) is 1.32. The molecule has 1 atom stereocenters. The van der Waals surface area contributed by atoms with Crippen molar-refractivity contribution in [1.29, 1.82) is 0 Å². The summed E-state index contributed by atoms with van der Waals surface area (Å²) in [4.78, 5) is 11.7. The molecule has 0 fully saturated rings. The zero-order chi connectivity index (χ0) is 14.1. The Morgan fingerprint density at radius 2 is 2.26 bits per heavy atom. The van der Waals surface area contributed by atoms with Crippen LogP contribution in [0.1, 0.15) is 40.0 Å². The van der Waals surface area contributed by atoms with E-state index in [2.05, 4.69) is 37.5 Å². The van der Waals surface area contributed by atoms with Crippen LogP contribution in [0.5, 0.6) is 0 Å². The molecule has 0 aliphatic carbocycles. The summed E-state index contributed by atoms with van der Waals surface area (Å²) in [5.74, 6) is 0.715. The van der Waals surface area contributed by atoms with Gasteiger partial charge >= 0.3 is 0 Å². The lowest BCUT2D eigenvalue weighted by atomic mass is 10.1. The second kappa shape index (κ2) is 9.10. The van der Waals surface area contributed by atoms with Crippen molar-refractivity contribution in [3.8, 4) is 0 Å². The molecule has 0 aromatic rings. The third kappa shape index (κ3) is 8.01. The number of amides is 1. The molecule has 0 aromatic heterocycles. The van der Waals surface area contributed by atoms with Crippen LogP contribution in [-0.4, -0.2) is 38.3 Å². The molecule has 19 heavy (non-hydrogen) atoms. The van der Waals surface area contributed by atoms with Crippen LogP contribution < -0.4 is 10.6 Å². The largest absolute Gasteiger partial charge is 0.378 e. The number of hydrogen-bond acceptors (Lipinski definition) is 3. The average Bonchev–Trinajstić information content (AvgIpc) is 2.36. The lowest BCUT2D eigenvalue weighted by molar-refractivity contribution is -0.122. The molecule has 2 N–H and O–H groups in total. The smallest absolute Gasteiger partial charge is 0.222 e. The zero-order valence-corrected chi connectivity index (χ0v) is 12.5. The fourth-order valence-electron chi connectivity index (χ4n) is 2.22. The van der Waals surface area contributed by atoms with Gasteiger partial charge in [0.1, 0.15) is 0 Å². The molecule has 0 saturated carbocycles. The van der Waals surface area contributed by atoms with Crippen molar-refractivity contribution < 1.29 is 9.53 Å². The topological polar surface area (TPSA) is 50.4 Å². The number of hydrogen-bond donors (Lipinski definition) is 2. The molecule has 1 unspecified atom stereocenters. The van der Waals surface area contributed by atoms with Crippen molar-refractivity contribution in [3.05, 3.63) is 11.6 Å². The number of ether oxygens (including phenoxy) is 1. The molecule has 0 saturated heterocycles. The van der Waals surface area contributed by atoms with Crippen molar-refractivity contribution in [2.75, 3.05) is 26.2 Å². The molecule has 0 aromatic carbocycles. The number of carbonyl (C=O) groups is 1. The Labute approximate surface area is 117 Å². The molecule has 4 heteroatoms. The summed E-state index contributed by atoms with van der Waals surface area (Å²) in [6.07, 6.45) is 4.92. The van der Waals surface area contributed by atoms with Crippen molar-refractivity contribution in [3.63, 3.8) is 0 Å². The van der Waals surface area contributed by atoms with Crippen molar-refractivity contribution in [1.82, 2.24) is 10.6 Å². The van der Waals surface area contributed by atoms with Gasteiger partial charge in [0.2, 0.25) is 5.91 Å². The van der Waals surface area contributed by atoms with Crippen LogP contribution in [0.4, 0.5) is 0 Å². The van der Waals surface area contributed by atoms with E-state index in [1.807, 2.05) is 0 Å². The van der Waals surface area contributed by atoms with Gasteiger partial charge in [-0.3, -0.25) is 4.79 Å². The Bertz CT molecular complexity index is 301. The number of carbonyl (C=O) groups excluding carboxylic acids is 1. The molecule has 1 amide bonds. The molecule has 1 aliphatic rings. The van der Waals surface area contributed by atoms with Crippen LogP contribution in [0.2, 0.25) is 0 Å². The highest BCUT2D eigenvalue weighted by molar-refractivity contribution is 5.76. The second-order valence-electron chi connectivity index (χ2n) is 5.65. The summed E-state index contributed by atoms with van der Waals surface area (Å²) in [5, 5.41) is 6.21. The van der Waals surface area contributed by atoms with Crippen LogP contribution in [0.25, 0.3) is 0 Å². The molecular weight excluding hydrogens is 240 g/mol. The lowest BCUT2D eigenvalue weighted by Crippen LogP contribution is -2.30. The fourth-order valence-corrected chi connectivity index (χ4v) is 2.22. The predicted octanol–water partition coefficient (Wildman–Crippen LogP) is 1.86. The summed E-state index contributed by atoms with van der Waals surface area (Å²) in [6.45, 7) is 9.55. The monoisotopic (exact) mass is 268 g/mol. The maximum atomic E-state index is 11.7. The molecule has 1 heterocycles. The molecule has 1 aliphatic heterocycles. The highest BCUT2D eigenvalue weighted by Gasteiger charge is 2.08. The van der Waals surface area contributed by atoms with Gasteiger partial charge < -0.3 is 15.4 Å². The van der Waals surface area contributed by atoms with Gasteiger partial charge in [-0.05, 0) is 32.2 Å².